The summed E-state index contributed by atoms with van der Waals surface area (Å²) in [6.45, 7) is 0.818. The summed E-state index contributed by atoms with van der Waals surface area (Å²) in [4.78, 5) is 24.1. The van der Waals surface area contributed by atoms with Gasteiger partial charge in [-0.25, -0.2) is 4.79 Å². The van der Waals surface area contributed by atoms with Gasteiger partial charge in [0, 0.05) is 6.54 Å². The van der Waals surface area contributed by atoms with Crippen LogP contribution in [0.1, 0.15) is 24.8 Å². The van der Waals surface area contributed by atoms with Gasteiger partial charge in [-0.1, -0.05) is 30.3 Å². The number of rotatable bonds is 6. The molecule has 0 aromatic heterocycles. The molecule has 0 bridgehead atoms. The van der Waals surface area contributed by atoms with Crippen LogP contribution in [0.5, 0.6) is 0 Å². The first-order chi connectivity index (χ1) is 9.22. The number of amides is 3. The number of hydrogen-bond donors (Lipinski definition) is 2. The van der Waals surface area contributed by atoms with Crippen molar-refractivity contribution in [2.24, 2.45) is 5.73 Å². The van der Waals surface area contributed by atoms with E-state index < -0.39 is 0 Å². The summed E-state index contributed by atoms with van der Waals surface area (Å²) in [5, 5.41) is 2.96. The molecule has 102 valence electrons. The number of carbonyl (C=O) groups excluding carboxylic acids is 2. The minimum absolute atomic E-state index is 0.289. The maximum Gasteiger partial charge on any atom is 0.324 e. The van der Waals surface area contributed by atoms with E-state index in [1.165, 1.54) is 0 Å². The molecule has 1 aliphatic carbocycles. The summed E-state index contributed by atoms with van der Waals surface area (Å²) in [5.74, 6) is 0. The number of hydrogen-bond acceptors (Lipinski definition) is 3. The molecule has 0 spiro atoms. The third kappa shape index (κ3) is 3.12. The fourth-order valence-corrected chi connectivity index (χ4v) is 2.11. The van der Waals surface area contributed by atoms with Gasteiger partial charge >= 0.3 is 6.03 Å². The molecule has 0 radical (unpaired) electrons. The van der Waals surface area contributed by atoms with Crippen LogP contribution >= 0.6 is 0 Å². The van der Waals surface area contributed by atoms with Gasteiger partial charge in [-0.3, -0.25) is 9.69 Å². The van der Waals surface area contributed by atoms with E-state index in [-0.39, 0.29) is 11.6 Å². The third-order valence-electron chi connectivity index (χ3n) is 3.41. The van der Waals surface area contributed by atoms with Gasteiger partial charge in [0.15, 0.2) is 0 Å². The minimum atomic E-state index is -0.343. The zero-order chi connectivity index (χ0) is 13.7. The first-order valence-corrected chi connectivity index (χ1v) is 6.51. The molecule has 1 fully saturated rings. The maximum absolute atomic E-state index is 12.1. The van der Waals surface area contributed by atoms with Crippen LogP contribution in [-0.4, -0.2) is 30.4 Å². The molecule has 1 saturated carbocycles. The highest BCUT2D eigenvalue weighted by Gasteiger charge is 2.46. The Labute approximate surface area is 112 Å². The zero-order valence-electron chi connectivity index (χ0n) is 10.8. The van der Waals surface area contributed by atoms with Crippen LogP contribution in [0.4, 0.5) is 4.79 Å². The van der Waals surface area contributed by atoms with Gasteiger partial charge in [-0.15, -0.1) is 0 Å². The first kappa shape index (κ1) is 13.5. The van der Waals surface area contributed by atoms with E-state index in [9.17, 15) is 9.59 Å². The van der Waals surface area contributed by atoms with Crippen molar-refractivity contribution in [1.29, 1.82) is 0 Å². The largest absolute Gasteiger partial charge is 0.330 e. The minimum Gasteiger partial charge on any atom is -0.330 e. The van der Waals surface area contributed by atoms with E-state index in [0.29, 0.717) is 25.9 Å². The van der Waals surface area contributed by atoms with Crippen LogP contribution in [0.15, 0.2) is 30.3 Å². The number of benzene rings is 1. The summed E-state index contributed by atoms with van der Waals surface area (Å²) < 4.78 is 0. The highest BCUT2D eigenvalue weighted by molar-refractivity contribution is 5.85. The molecule has 19 heavy (non-hydrogen) atoms. The number of nitrogens with two attached hydrogens (primary N) is 1. The lowest BCUT2D eigenvalue weighted by atomic mass is 10.1. The molecule has 0 atom stereocenters. The number of nitrogens with zero attached hydrogens (tertiary/aromatic N) is 1. The zero-order valence-corrected chi connectivity index (χ0v) is 10.8. The lowest BCUT2D eigenvalue weighted by Crippen LogP contribution is -2.45. The van der Waals surface area contributed by atoms with Crippen molar-refractivity contribution in [1.82, 2.24) is 10.2 Å². The van der Waals surface area contributed by atoms with E-state index >= 15 is 0 Å². The standard InChI is InChI=1S/C14H19N3O2/c15-9-4-10-17(11-18)13(19)16-14(7-8-14)12-5-2-1-3-6-12/h1-3,5-6,11H,4,7-10,15H2,(H,16,19). The van der Waals surface area contributed by atoms with Crippen LogP contribution in [0.2, 0.25) is 0 Å². The van der Waals surface area contributed by atoms with Crippen molar-refractivity contribution in [3.8, 4) is 0 Å². The lowest BCUT2D eigenvalue weighted by molar-refractivity contribution is -0.115. The highest BCUT2D eigenvalue weighted by atomic mass is 16.2. The van der Waals surface area contributed by atoms with E-state index in [0.717, 1.165) is 23.3 Å². The topological polar surface area (TPSA) is 75.4 Å². The van der Waals surface area contributed by atoms with Gasteiger partial charge in [0.25, 0.3) is 0 Å². The Morgan fingerprint density at radius 2 is 2.05 bits per heavy atom. The van der Waals surface area contributed by atoms with Crippen LogP contribution < -0.4 is 11.1 Å². The van der Waals surface area contributed by atoms with E-state index in [4.69, 9.17) is 5.73 Å². The number of imide groups is 1. The van der Waals surface area contributed by atoms with Crippen molar-refractivity contribution >= 4 is 12.4 Å². The Morgan fingerprint density at radius 3 is 2.58 bits per heavy atom. The van der Waals surface area contributed by atoms with Crippen LogP contribution in [0.3, 0.4) is 0 Å². The molecule has 3 amide bonds. The van der Waals surface area contributed by atoms with Gasteiger partial charge in [0.05, 0.1) is 5.54 Å². The van der Waals surface area contributed by atoms with Crippen LogP contribution in [-0.2, 0) is 10.3 Å². The van der Waals surface area contributed by atoms with Gasteiger partial charge in [-0.05, 0) is 31.4 Å². The van der Waals surface area contributed by atoms with Crippen molar-refractivity contribution in [3.63, 3.8) is 0 Å². The van der Waals surface area contributed by atoms with Gasteiger partial charge in [-0.2, -0.15) is 0 Å². The molecule has 0 unspecified atom stereocenters. The second-order valence-corrected chi connectivity index (χ2v) is 4.82. The monoisotopic (exact) mass is 261 g/mol. The fraction of sp³-hybridized carbons (Fsp3) is 0.429. The molecular weight excluding hydrogens is 242 g/mol. The Kier molecular flexibility index (Phi) is 4.16. The summed E-state index contributed by atoms with van der Waals surface area (Å²) in [7, 11) is 0. The molecule has 0 heterocycles. The average Bonchev–Trinajstić information content (AvgIpc) is 3.21. The maximum atomic E-state index is 12.1. The summed E-state index contributed by atoms with van der Waals surface area (Å²) in [5.41, 5.74) is 6.19. The van der Waals surface area contributed by atoms with Crippen molar-refractivity contribution in [2.45, 2.75) is 24.8 Å². The summed E-state index contributed by atoms with van der Waals surface area (Å²) in [6, 6.07) is 9.50. The summed E-state index contributed by atoms with van der Waals surface area (Å²) in [6.07, 6.45) is 3.00. The number of carbonyl (C=O) groups is 2. The van der Waals surface area contributed by atoms with E-state index in [1.54, 1.807) is 0 Å². The van der Waals surface area contributed by atoms with E-state index in [2.05, 4.69) is 5.32 Å². The number of urea groups is 1. The van der Waals surface area contributed by atoms with Gasteiger partial charge in [0.1, 0.15) is 0 Å². The fourth-order valence-electron chi connectivity index (χ4n) is 2.11. The second kappa shape index (κ2) is 5.84. The molecule has 0 saturated heterocycles. The molecule has 5 heteroatoms. The van der Waals surface area contributed by atoms with Gasteiger partial charge < -0.3 is 11.1 Å². The Balaban J connectivity index is 2.00. The normalized spacial score (nSPS) is 15.6. The second-order valence-electron chi connectivity index (χ2n) is 4.82. The Bertz CT molecular complexity index is 443. The molecule has 5 nitrogen and oxygen atoms in total. The smallest absolute Gasteiger partial charge is 0.324 e. The SMILES string of the molecule is NCCCN(C=O)C(=O)NC1(c2ccccc2)CC1. The number of nitrogens with one attached hydrogen (secondary N) is 1. The molecule has 1 aliphatic rings. The molecular formula is C14H19N3O2. The van der Waals surface area contributed by atoms with Crippen LogP contribution in [0.25, 0.3) is 0 Å². The van der Waals surface area contributed by atoms with Crippen molar-refractivity contribution in [3.05, 3.63) is 35.9 Å². The summed E-state index contributed by atoms with van der Waals surface area (Å²) >= 11 is 0. The Morgan fingerprint density at radius 1 is 1.37 bits per heavy atom. The first-order valence-electron chi connectivity index (χ1n) is 6.51. The lowest BCUT2D eigenvalue weighted by Gasteiger charge is -2.22. The molecule has 1 aromatic rings. The molecule has 0 aliphatic heterocycles. The highest BCUT2D eigenvalue weighted by Crippen LogP contribution is 2.45. The quantitative estimate of drug-likeness (QED) is 0.755. The average molecular weight is 261 g/mol. The molecule has 1 aromatic carbocycles. The van der Waals surface area contributed by atoms with E-state index in [1.807, 2.05) is 30.3 Å². The third-order valence-corrected chi connectivity index (χ3v) is 3.41. The van der Waals surface area contributed by atoms with Crippen LogP contribution in [0, 0.1) is 0 Å². The molecule has 3 N–H and O–H groups in total. The predicted octanol–water partition coefficient (Wildman–Crippen LogP) is 1.19. The molecule has 2 rings (SSSR count). The predicted molar refractivity (Wildman–Crippen MR) is 72.3 cm³/mol. The van der Waals surface area contributed by atoms with Gasteiger partial charge in [0.2, 0.25) is 6.41 Å². The Hall–Kier alpha value is -1.88. The van der Waals surface area contributed by atoms with Crippen molar-refractivity contribution < 1.29 is 9.59 Å². The van der Waals surface area contributed by atoms with Crippen molar-refractivity contribution in [2.75, 3.05) is 13.1 Å².